The smallest absolute Gasteiger partial charge is 0.106 e. The Balaban J connectivity index is 1.72. The number of aromatic amines is 1. The van der Waals surface area contributed by atoms with Gasteiger partial charge in [-0.25, -0.2) is 4.98 Å². The van der Waals surface area contributed by atoms with E-state index in [0.29, 0.717) is 6.04 Å². The zero-order valence-corrected chi connectivity index (χ0v) is 12.3. The average molecular weight is 275 g/mol. The number of nitrogens with zero attached hydrogens (tertiary/aromatic N) is 1. The Morgan fingerprint density at radius 3 is 2.74 bits per heavy atom. The van der Waals surface area contributed by atoms with Crippen molar-refractivity contribution in [2.75, 3.05) is 12.8 Å². The molecular formula is C15H21N3S. The van der Waals surface area contributed by atoms with Crippen LogP contribution in [0.5, 0.6) is 0 Å². The van der Waals surface area contributed by atoms with Crippen molar-refractivity contribution >= 4 is 11.8 Å². The predicted molar refractivity (Wildman–Crippen MR) is 81.5 cm³/mol. The van der Waals surface area contributed by atoms with Gasteiger partial charge in [0.2, 0.25) is 0 Å². The third-order valence-corrected chi connectivity index (χ3v) is 3.96. The third-order valence-electron chi connectivity index (χ3n) is 3.21. The van der Waals surface area contributed by atoms with Crippen molar-refractivity contribution in [3.8, 4) is 0 Å². The first-order valence-corrected chi connectivity index (χ1v) is 7.87. The first-order valence-electron chi connectivity index (χ1n) is 6.65. The molecule has 2 aromatic rings. The molecule has 0 radical (unpaired) electrons. The first kappa shape index (κ1) is 14.2. The lowest BCUT2D eigenvalue weighted by Crippen LogP contribution is -2.20. The molecule has 0 saturated heterocycles. The van der Waals surface area contributed by atoms with E-state index in [2.05, 4.69) is 52.7 Å². The SMILES string of the molecule is CSc1ccc(C(C)NCCCc2ncc[nH]2)cc1. The molecule has 0 aliphatic heterocycles. The number of imidazole rings is 1. The van der Waals surface area contributed by atoms with Crippen molar-refractivity contribution in [3.05, 3.63) is 48.0 Å². The van der Waals surface area contributed by atoms with E-state index in [4.69, 9.17) is 0 Å². The Morgan fingerprint density at radius 1 is 1.32 bits per heavy atom. The quantitative estimate of drug-likeness (QED) is 0.601. The van der Waals surface area contributed by atoms with E-state index >= 15 is 0 Å². The number of hydrogen-bond acceptors (Lipinski definition) is 3. The van der Waals surface area contributed by atoms with Gasteiger partial charge in [-0.1, -0.05) is 12.1 Å². The maximum Gasteiger partial charge on any atom is 0.106 e. The molecule has 0 aliphatic rings. The van der Waals surface area contributed by atoms with Gasteiger partial charge in [0.05, 0.1) is 0 Å². The van der Waals surface area contributed by atoms with Gasteiger partial charge < -0.3 is 10.3 Å². The summed E-state index contributed by atoms with van der Waals surface area (Å²) in [5, 5.41) is 3.55. The fourth-order valence-electron chi connectivity index (χ4n) is 2.02. The summed E-state index contributed by atoms with van der Waals surface area (Å²) >= 11 is 1.78. The van der Waals surface area contributed by atoms with Crippen LogP contribution in [0, 0.1) is 0 Å². The minimum Gasteiger partial charge on any atom is -0.349 e. The molecule has 4 heteroatoms. The number of hydrogen-bond donors (Lipinski definition) is 2. The zero-order chi connectivity index (χ0) is 13.5. The van der Waals surface area contributed by atoms with Crippen LogP contribution < -0.4 is 5.32 Å². The fourth-order valence-corrected chi connectivity index (χ4v) is 2.43. The van der Waals surface area contributed by atoms with Crippen LogP contribution in [0.25, 0.3) is 0 Å². The van der Waals surface area contributed by atoms with Crippen LogP contribution in [0.3, 0.4) is 0 Å². The monoisotopic (exact) mass is 275 g/mol. The van der Waals surface area contributed by atoms with Crippen LogP contribution in [0.15, 0.2) is 41.6 Å². The van der Waals surface area contributed by atoms with Crippen molar-refractivity contribution in [1.82, 2.24) is 15.3 Å². The van der Waals surface area contributed by atoms with Gasteiger partial charge in [0.25, 0.3) is 0 Å². The summed E-state index contributed by atoms with van der Waals surface area (Å²) in [5.41, 5.74) is 1.34. The van der Waals surface area contributed by atoms with Crippen molar-refractivity contribution in [1.29, 1.82) is 0 Å². The van der Waals surface area contributed by atoms with E-state index in [-0.39, 0.29) is 0 Å². The Labute approximate surface area is 119 Å². The molecule has 102 valence electrons. The highest BCUT2D eigenvalue weighted by molar-refractivity contribution is 7.98. The zero-order valence-electron chi connectivity index (χ0n) is 11.5. The van der Waals surface area contributed by atoms with Gasteiger partial charge in [-0.3, -0.25) is 0 Å². The van der Waals surface area contributed by atoms with Crippen molar-refractivity contribution in [2.45, 2.75) is 30.7 Å². The minimum atomic E-state index is 0.396. The van der Waals surface area contributed by atoms with Crippen LogP contribution >= 0.6 is 11.8 Å². The molecule has 1 aromatic carbocycles. The van der Waals surface area contributed by atoms with Crippen LogP contribution in [-0.2, 0) is 6.42 Å². The minimum absolute atomic E-state index is 0.396. The topological polar surface area (TPSA) is 40.7 Å². The second-order valence-electron chi connectivity index (χ2n) is 4.59. The van der Waals surface area contributed by atoms with E-state index in [0.717, 1.165) is 25.2 Å². The maximum absolute atomic E-state index is 4.22. The second kappa shape index (κ2) is 7.36. The molecule has 0 aliphatic carbocycles. The fraction of sp³-hybridized carbons (Fsp3) is 0.400. The molecule has 0 spiro atoms. The van der Waals surface area contributed by atoms with E-state index in [9.17, 15) is 0 Å². The lowest BCUT2D eigenvalue weighted by Gasteiger charge is -2.14. The van der Waals surface area contributed by atoms with Crippen LogP contribution in [0.4, 0.5) is 0 Å². The molecule has 1 heterocycles. The van der Waals surface area contributed by atoms with E-state index in [1.807, 2.05) is 6.20 Å². The third kappa shape index (κ3) is 4.40. The van der Waals surface area contributed by atoms with Gasteiger partial charge >= 0.3 is 0 Å². The van der Waals surface area contributed by atoms with E-state index in [1.54, 1.807) is 18.0 Å². The number of aryl methyl sites for hydroxylation is 1. The molecule has 1 unspecified atom stereocenters. The van der Waals surface area contributed by atoms with Gasteiger partial charge in [0.1, 0.15) is 5.82 Å². The molecule has 0 saturated carbocycles. The number of aromatic nitrogens is 2. The Bertz CT molecular complexity index is 465. The number of rotatable bonds is 7. The Morgan fingerprint density at radius 2 is 2.11 bits per heavy atom. The summed E-state index contributed by atoms with van der Waals surface area (Å²) in [5.74, 6) is 1.07. The van der Waals surface area contributed by atoms with Crippen LogP contribution in [-0.4, -0.2) is 22.8 Å². The van der Waals surface area contributed by atoms with Gasteiger partial charge in [0.15, 0.2) is 0 Å². The van der Waals surface area contributed by atoms with Crippen molar-refractivity contribution in [3.63, 3.8) is 0 Å². The predicted octanol–water partition coefficient (Wildman–Crippen LogP) is 3.42. The van der Waals surface area contributed by atoms with Crippen LogP contribution in [0.1, 0.15) is 30.8 Å². The molecule has 0 amide bonds. The summed E-state index contributed by atoms with van der Waals surface area (Å²) in [6, 6.07) is 9.17. The van der Waals surface area contributed by atoms with Gasteiger partial charge in [-0.15, -0.1) is 11.8 Å². The molecule has 3 nitrogen and oxygen atoms in total. The molecule has 1 aromatic heterocycles. The summed E-state index contributed by atoms with van der Waals surface area (Å²) in [6.07, 6.45) is 7.88. The molecule has 1 atom stereocenters. The highest BCUT2D eigenvalue weighted by Crippen LogP contribution is 2.18. The maximum atomic E-state index is 4.22. The number of benzene rings is 1. The largest absolute Gasteiger partial charge is 0.349 e. The second-order valence-corrected chi connectivity index (χ2v) is 5.47. The summed E-state index contributed by atoms with van der Waals surface area (Å²) in [6.45, 7) is 3.22. The highest BCUT2D eigenvalue weighted by atomic mass is 32.2. The molecule has 0 bridgehead atoms. The lowest BCUT2D eigenvalue weighted by molar-refractivity contribution is 0.555. The highest BCUT2D eigenvalue weighted by Gasteiger charge is 2.04. The Kier molecular flexibility index (Phi) is 5.48. The molecule has 2 rings (SSSR count). The normalized spacial score (nSPS) is 12.5. The molecule has 0 fully saturated rings. The number of nitrogens with one attached hydrogen (secondary N) is 2. The van der Waals surface area contributed by atoms with E-state index < -0.39 is 0 Å². The van der Waals surface area contributed by atoms with Gasteiger partial charge in [-0.05, 0) is 43.8 Å². The first-order chi connectivity index (χ1) is 9.29. The van der Waals surface area contributed by atoms with Gasteiger partial charge in [-0.2, -0.15) is 0 Å². The van der Waals surface area contributed by atoms with Crippen LogP contribution in [0.2, 0.25) is 0 Å². The average Bonchev–Trinajstić information content (AvgIpc) is 2.96. The molecule has 2 N–H and O–H groups in total. The van der Waals surface area contributed by atoms with E-state index in [1.165, 1.54) is 10.5 Å². The van der Waals surface area contributed by atoms with Gasteiger partial charge in [0, 0.05) is 29.8 Å². The number of thioether (sulfide) groups is 1. The standard InChI is InChI=1S/C15H21N3S/c1-12(13-5-7-14(19-2)8-6-13)16-9-3-4-15-17-10-11-18-15/h5-8,10-12,16H,3-4,9H2,1-2H3,(H,17,18). The van der Waals surface area contributed by atoms with Crippen molar-refractivity contribution in [2.24, 2.45) is 0 Å². The number of H-pyrrole nitrogens is 1. The Hall–Kier alpha value is -1.26. The molecular weight excluding hydrogens is 254 g/mol. The molecule has 19 heavy (non-hydrogen) atoms. The van der Waals surface area contributed by atoms with Crippen molar-refractivity contribution < 1.29 is 0 Å². The lowest BCUT2D eigenvalue weighted by atomic mass is 10.1. The summed E-state index contributed by atoms with van der Waals surface area (Å²) < 4.78 is 0. The summed E-state index contributed by atoms with van der Waals surface area (Å²) in [4.78, 5) is 8.67. The summed E-state index contributed by atoms with van der Waals surface area (Å²) in [7, 11) is 0.